The highest BCUT2D eigenvalue weighted by Crippen LogP contribution is 2.44. The van der Waals surface area contributed by atoms with Crippen LogP contribution in [0.2, 0.25) is 0 Å². The predicted molar refractivity (Wildman–Crippen MR) is 80.9 cm³/mol. The van der Waals surface area contributed by atoms with Gasteiger partial charge >= 0.3 is 0 Å². The first kappa shape index (κ1) is 12.8. The van der Waals surface area contributed by atoms with Crippen LogP contribution in [-0.2, 0) is 4.74 Å². The molecule has 1 N–H and O–H groups in total. The van der Waals surface area contributed by atoms with Crippen molar-refractivity contribution in [2.24, 2.45) is 0 Å². The number of rotatable bonds is 3. The van der Waals surface area contributed by atoms with Crippen LogP contribution in [0.5, 0.6) is 0 Å². The fourth-order valence-corrected chi connectivity index (χ4v) is 4.29. The van der Waals surface area contributed by atoms with Gasteiger partial charge < -0.3 is 10.1 Å². The summed E-state index contributed by atoms with van der Waals surface area (Å²) in [6, 6.07) is 12.4. The zero-order valence-electron chi connectivity index (χ0n) is 12.2. The highest BCUT2D eigenvalue weighted by molar-refractivity contribution is 5.27. The third-order valence-electron chi connectivity index (χ3n) is 5.48. The SMILES string of the molecule is c1ccc(C2CC2NC2CCOC3(CCCC3)C2)cc1. The minimum absolute atomic E-state index is 0.243. The lowest BCUT2D eigenvalue weighted by Gasteiger charge is -2.38. The molecule has 20 heavy (non-hydrogen) atoms. The van der Waals surface area contributed by atoms with Crippen molar-refractivity contribution in [2.75, 3.05) is 6.61 Å². The number of nitrogens with one attached hydrogen (secondary N) is 1. The molecule has 1 aromatic carbocycles. The Kier molecular flexibility index (Phi) is 3.31. The molecule has 1 spiro atoms. The average Bonchev–Trinajstić information content (AvgIpc) is 3.11. The molecule has 1 heterocycles. The van der Waals surface area contributed by atoms with E-state index in [0.29, 0.717) is 12.1 Å². The smallest absolute Gasteiger partial charge is 0.0697 e. The summed E-state index contributed by atoms with van der Waals surface area (Å²) < 4.78 is 6.13. The van der Waals surface area contributed by atoms with Gasteiger partial charge in [0.15, 0.2) is 0 Å². The Morgan fingerprint density at radius 1 is 1.10 bits per heavy atom. The third-order valence-corrected chi connectivity index (χ3v) is 5.48. The van der Waals surface area contributed by atoms with Gasteiger partial charge in [-0.05, 0) is 37.7 Å². The first-order valence-corrected chi connectivity index (χ1v) is 8.30. The van der Waals surface area contributed by atoms with E-state index in [-0.39, 0.29) is 5.60 Å². The lowest BCUT2D eigenvalue weighted by atomic mass is 9.89. The predicted octanol–water partition coefficient (Wildman–Crippen LogP) is 3.62. The number of ether oxygens (including phenoxy) is 1. The molecule has 0 bridgehead atoms. The normalized spacial score (nSPS) is 35.3. The van der Waals surface area contributed by atoms with E-state index >= 15 is 0 Å². The van der Waals surface area contributed by atoms with E-state index in [1.54, 1.807) is 0 Å². The van der Waals surface area contributed by atoms with Gasteiger partial charge in [0, 0.05) is 24.6 Å². The zero-order chi connectivity index (χ0) is 13.4. The van der Waals surface area contributed by atoms with Crippen LogP contribution in [0.25, 0.3) is 0 Å². The van der Waals surface area contributed by atoms with E-state index in [2.05, 4.69) is 35.6 Å². The molecule has 2 saturated carbocycles. The Bertz CT molecular complexity index is 452. The van der Waals surface area contributed by atoms with Gasteiger partial charge in [-0.15, -0.1) is 0 Å². The summed E-state index contributed by atoms with van der Waals surface area (Å²) in [6.45, 7) is 0.959. The van der Waals surface area contributed by atoms with Crippen LogP contribution in [-0.4, -0.2) is 24.3 Å². The van der Waals surface area contributed by atoms with E-state index in [1.807, 2.05) is 0 Å². The maximum absolute atomic E-state index is 6.13. The summed E-state index contributed by atoms with van der Waals surface area (Å²) in [7, 11) is 0. The summed E-state index contributed by atoms with van der Waals surface area (Å²) in [5.41, 5.74) is 1.75. The van der Waals surface area contributed by atoms with Gasteiger partial charge in [-0.1, -0.05) is 43.2 Å². The third kappa shape index (κ3) is 2.51. The maximum Gasteiger partial charge on any atom is 0.0697 e. The molecule has 0 radical (unpaired) electrons. The van der Waals surface area contributed by atoms with Gasteiger partial charge in [-0.3, -0.25) is 0 Å². The number of benzene rings is 1. The number of hydrogen-bond acceptors (Lipinski definition) is 2. The molecule has 2 heteroatoms. The Morgan fingerprint density at radius 2 is 1.90 bits per heavy atom. The largest absolute Gasteiger partial charge is 0.375 e. The van der Waals surface area contributed by atoms with Gasteiger partial charge in [-0.25, -0.2) is 0 Å². The molecule has 3 atom stereocenters. The highest BCUT2D eigenvalue weighted by atomic mass is 16.5. The van der Waals surface area contributed by atoms with Crippen molar-refractivity contribution in [1.29, 1.82) is 0 Å². The van der Waals surface area contributed by atoms with Crippen LogP contribution in [0, 0.1) is 0 Å². The maximum atomic E-state index is 6.13. The minimum atomic E-state index is 0.243. The van der Waals surface area contributed by atoms with Crippen LogP contribution in [0.15, 0.2) is 30.3 Å². The molecule has 3 unspecified atom stereocenters. The Balaban J connectivity index is 1.34. The molecule has 0 amide bonds. The van der Waals surface area contributed by atoms with Crippen LogP contribution < -0.4 is 5.32 Å². The van der Waals surface area contributed by atoms with Gasteiger partial charge in [-0.2, -0.15) is 0 Å². The van der Waals surface area contributed by atoms with Crippen LogP contribution in [0.3, 0.4) is 0 Å². The minimum Gasteiger partial charge on any atom is -0.375 e. The fraction of sp³-hybridized carbons (Fsp3) is 0.667. The molecule has 1 aromatic rings. The molecular formula is C18H25NO. The highest BCUT2D eigenvalue weighted by Gasteiger charge is 2.44. The lowest BCUT2D eigenvalue weighted by Crippen LogP contribution is -2.46. The molecule has 108 valence electrons. The quantitative estimate of drug-likeness (QED) is 0.906. The lowest BCUT2D eigenvalue weighted by molar-refractivity contribution is -0.0838. The van der Waals surface area contributed by atoms with Crippen LogP contribution in [0.1, 0.15) is 56.4 Å². The molecule has 3 fully saturated rings. The van der Waals surface area contributed by atoms with E-state index in [9.17, 15) is 0 Å². The van der Waals surface area contributed by atoms with Crippen molar-refractivity contribution in [2.45, 2.75) is 68.5 Å². The van der Waals surface area contributed by atoms with Crippen molar-refractivity contribution in [3.8, 4) is 0 Å². The van der Waals surface area contributed by atoms with Crippen molar-refractivity contribution >= 4 is 0 Å². The second kappa shape index (κ2) is 5.16. The zero-order valence-corrected chi connectivity index (χ0v) is 12.2. The Morgan fingerprint density at radius 3 is 2.70 bits per heavy atom. The van der Waals surface area contributed by atoms with Crippen LogP contribution in [0.4, 0.5) is 0 Å². The van der Waals surface area contributed by atoms with Gasteiger partial charge in [0.1, 0.15) is 0 Å². The monoisotopic (exact) mass is 271 g/mol. The topological polar surface area (TPSA) is 21.3 Å². The molecule has 3 aliphatic rings. The van der Waals surface area contributed by atoms with Gasteiger partial charge in [0.05, 0.1) is 5.60 Å². The number of hydrogen-bond donors (Lipinski definition) is 1. The van der Waals surface area contributed by atoms with Gasteiger partial charge in [0.25, 0.3) is 0 Å². The van der Waals surface area contributed by atoms with E-state index in [1.165, 1.54) is 50.5 Å². The molecular weight excluding hydrogens is 246 g/mol. The van der Waals surface area contributed by atoms with E-state index in [4.69, 9.17) is 4.74 Å². The summed E-state index contributed by atoms with van der Waals surface area (Å²) in [5, 5.41) is 3.91. The van der Waals surface area contributed by atoms with E-state index in [0.717, 1.165) is 12.5 Å². The molecule has 0 aromatic heterocycles. The summed E-state index contributed by atoms with van der Waals surface area (Å²) >= 11 is 0. The van der Waals surface area contributed by atoms with Crippen molar-refractivity contribution < 1.29 is 4.74 Å². The average molecular weight is 271 g/mol. The van der Waals surface area contributed by atoms with E-state index < -0.39 is 0 Å². The van der Waals surface area contributed by atoms with Crippen LogP contribution >= 0.6 is 0 Å². The standard InChI is InChI=1S/C18H25NO/c1-2-6-14(7-3-1)16-12-17(16)19-15-8-11-20-18(13-15)9-4-5-10-18/h1-3,6-7,15-17,19H,4-5,8-13H2. The Labute approximate surface area is 121 Å². The second-order valence-corrected chi connectivity index (χ2v) is 6.95. The summed E-state index contributed by atoms with van der Waals surface area (Å²) in [6.07, 6.45) is 9.06. The summed E-state index contributed by atoms with van der Waals surface area (Å²) in [5.74, 6) is 0.749. The summed E-state index contributed by atoms with van der Waals surface area (Å²) in [4.78, 5) is 0. The van der Waals surface area contributed by atoms with Crippen molar-refractivity contribution in [3.63, 3.8) is 0 Å². The Hall–Kier alpha value is -0.860. The van der Waals surface area contributed by atoms with Crippen molar-refractivity contribution in [3.05, 3.63) is 35.9 Å². The van der Waals surface area contributed by atoms with Crippen molar-refractivity contribution in [1.82, 2.24) is 5.32 Å². The second-order valence-electron chi connectivity index (χ2n) is 6.95. The molecule has 2 aliphatic carbocycles. The molecule has 4 rings (SSSR count). The first-order chi connectivity index (χ1) is 9.85. The van der Waals surface area contributed by atoms with Gasteiger partial charge in [0.2, 0.25) is 0 Å². The first-order valence-electron chi connectivity index (χ1n) is 8.30. The molecule has 1 aliphatic heterocycles. The molecule has 1 saturated heterocycles. The molecule has 2 nitrogen and oxygen atoms in total. The fourth-order valence-electron chi connectivity index (χ4n) is 4.29.